The normalized spacial score (nSPS) is 10.5. The van der Waals surface area contributed by atoms with Gasteiger partial charge in [-0.25, -0.2) is 4.79 Å². The number of amides is 1. The number of carbonyl (C=O) groups is 1. The molecule has 0 fully saturated rings. The van der Waals surface area contributed by atoms with Crippen LogP contribution in [0.3, 0.4) is 0 Å². The highest BCUT2D eigenvalue weighted by Crippen LogP contribution is 2.15. The molecule has 4 nitrogen and oxygen atoms in total. The van der Waals surface area contributed by atoms with E-state index in [-0.39, 0.29) is 6.03 Å². The first kappa shape index (κ1) is 11.5. The second kappa shape index (κ2) is 4.94. The van der Waals surface area contributed by atoms with Gasteiger partial charge in [0.25, 0.3) is 0 Å². The van der Waals surface area contributed by atoms with Crippen LogP contribution in [0.15, 0.2) is 60.9 Å². The van der Waals surface area contributed by atoms with Gasteiger partial charge in [-0.1, -0.05) is 36.4 Å². The van der Waals surface area contributed by atoms with Crippen LogP contribution in [0.5, 0.6) is 0 Å². The SMILES string of the molecule is O=C(NCc1ccc2ccccc2c1)n1cccn1. The largest absolute Gasteiger partial charge is 0.342 e. The predicted molar refractivity (Wildman–Crippen MR) is 73.8 cm³/mol. The summed E-state index contributed by atoms with van der Waals surface area (Å²) in [7, 11) is 0. The molecule has 0 saturated carbocycles. The Bertz CT molecular complexity index is 704. The van der Waals surface area contributed by atoms with E-state index in [0.29, 0.717) is 6.54 Å². The van der Waals surface area contributed by atoms with Crippen LogP contribution in [-0.4, -0.2) is 15.8 Å². The lowest BCUT2D eigenvalue weighted by Crippen LogP contribution is -2.28. The number of benzene rings is 2. The predicted octanol–water partition coefficient (Wildman–Crippen LogP) is 2.79. The Morgan fingerprint density at radius 3 is 2.74 bits per heavy atom. The molecule has 1 N–H and O–H groups in total. The molecule has 0 aliphatic carbocycles. The Kier molecular flexibility index (Phi) is 2.98. The van der Waals surface area contributed by atoms with E-state index in [1.807, 2.05) is 18.2 Å². The van der Waals surface area contributed by atoms with Crippen LogP contribution in [-0.2, 0) is 6.54 Å². The summed E-state index contributed by atoms with van der Waals surface area (Å²) in [5.41, 5.74) is 1.07. The van der Waals surface area contributed by atoms with E-state index in [1.54, 1.807) is 18.5 Å². The Labute approximate surface area is 110 Å². The van der Waals surface area contributed by atoms with Gasteiger partial charge in [0.1, 0.15) is 0 Å². The fraction of sp³-hybridized carbons (Fsp3) is 0.0667. The lowest BCUT2D eigenvalue weighted by molar-refractivity contribution is 0.239. The zero-order valence-corrected chi connectivity index (χ0v) is 10.3. The Morgan fingerprint density at radius 2 is 1.95 bits per heavy atom. The maximum absolute atomic E-state index is 11.7. The van der Waals surface area contributed by atoms with Gasteiger partial charge >= 0.3 is 6.03 Å². The van der Waals surface area contributed by atoms with Crippen LogP contribution in [0.4, 0.5) is 4.79 Å². The van der Waals surface area contributed by atoms with Crippen LogP contribution in [0.1, 0.15) is 5.56 Å². The molecule has 3 aromatic rings. The summed E-state index contributed by atoms with van der Waals surface area (Å²) in [5, 5.41) is 9.08. The highest BCUT2D eigenvalue weighted by atomic mass is 16.2. The van der Waals surface area contributed by atoms with E-state index >= 15 is 0 Å². The van der Waals surface area contributed by atoms with Crippen molar-refractivity contribution >= 4 is 16.8 Å². The van der Waals surface area contributed by atoms with Gasteiger partial charge in [-0.05, 0) is 28.5 Å². The minimum Gasteiger partial charge on any atom is -0.332 e. The molecule has 4 heteroatoms. The smallest absolute Gasteiger partial charge is 0.332 e. The minimum absolute atomic E-state index is 0.224. The molecule has 94 valence electrons. The molecule has 2 aromatic carbocycles. The summed E-state index contributed by atoms with van der Waals surface area (Å²) in [6.45, 7) is 0.490. The summed E-state index contributed by atoms with van der Waals surface area (Å²) >= 11 is 0. The van der Waals surface area contributed by atoms with Crippen molar-refractivity contribution in [1.29, 1.82) is 0 Å². The van der Waals surface area contributed by atoms with Crippen molar-refractivity contribution in [3.8, 4) is 0 Å². The zero-order chi connectivity index (χ0) is 13.1. The number of hydrogen-bond donors (Lipinski definition) is 1. The number of nitrogens with zero attached hydrogens (tertiary/aromatic N) is 2. The van der Waals surface area contributed by atoms with Crippen molar-refractivity contribution in [2.75, 3.05) is 0 Å². The van der Waals surface area contributed by atoms with E-state index in [4.69, 9.17) is 0 Å². The van der Waals surface area contributed by atoms with E-state index in [0.717, 1.165) is 5.56 Å². The summed E-state index contributed by atoms with van der Waals surface area (Å²) in [4.78, 5) is 11.7. The third kappa shape index (κ3) is 2.47. The molecule has 1 heterocycles. The molecule has 0 aliphatic rings. The molecule has 19 heavy (non-hydrogen) atoms. The van der Waals surface area contributed by atoms with Gasteiger partial charge in [0, 0.05) is 18.9 Å². The maximum atomic E-state index is 11.7. The molecule has 0 saturated heterocycles. The molecule has 0 atom stereocenters. The van der Waals surface area contributed by atoms with Crippen LogP contribution < -0.4 is 5.32 Å². The molecule has 0 unspecified atom stereocenters. The average Bonchev–Trinajstić information content (AvgIpc) is 2.99. The van der Waals surface area contributed by atoms with Crippen LogP contribution in [0, 0.1) is 0 Å². The zero-order valence-electron chi connectivity index (χ0n) is 10.3. The summed E-state index contributed by atoms with van der Waals surface area (Å²) in [5.74, 6) is 0. The summed E-state index contributed by atoms with van der Waals surface area (Å²) in [6.07, 6.45) is 3.20. The van der Waals surface area contributed by atoms with E-state index in [9.17, 15) is 4.79 Å². The highest BCUT2D eigenvalue weighted by Gasteiger charge is 2.03. The first-order valence-electron chi connectivity index (χ1n) is 6.08. The number of hydrogen-bond acceptors (Lipinski definition) is 2. The average molecular weight is 251 g/mol. The highest BCUT2D eigenvalue weighted by molar-refractivity contribution is 5.83. The Morgan fingerprint density at radius 1 is 1.11 bits per heavy atom. The lowest BCUT2D eigenvalue weighted by atomic mass is 10.1. The van der Waals surface area contributed by atoms with Gasteiger partial charge in [-0.15, -0.1) is 0 Å². The van der Waals surface area contributed by atoms with Crippen molar-refractivity contribution in [1.82, 2.24) is 15.1 Å². The second-order valence-electron chi connectivity index (χ2n) is 4.29. The van der Waals surface area contributed by atoms with Gasteiger partial charge in [0.2, 0.25) is 0 Å². The monoisotopic (exact) mass is 251 g/mol. The number of rotatable bonds is 2. The number of aromatic nitrogens is 2. The molecule has 3 rings (SSSR count). The van der Waals surface area contributed by atoms with Gasteiger partial charge in [-0.2, -0.15) is 9.78 Å². The summed E-state index contributed by atoms with van der Waals surface area (Å²) in [6, 6.07) is 15.8. The molecular weight excluding hydrogens is 238 g/mol. The molecule has 0 bridgehead atoms. The number of carbonyl (C=O) groups excluding carboxylic acids is 1. The van der Waals surface area contributed by atoms with Crippen molar-refractivity contribution in [2.45, 2.75) is 6.54 Å². The molecule has 0 radical (unpaired) electrons. The van der Waals surface area contributed by atoms with Crippen molar-refractivity contribution in [3.05, 3.63) is 66.5 Å². The van der Waals surface area contributed by atoms with E-state index < -0.39 is 0 Å². The maximum Gasteiger partial charge on any atom is 0.342 e. The summed E-state index contributed by atoms with van der Waals surface area (Å²) < 4.78 is 1.28. The first-order valence-corrected chi connectivity index (χ1v) is 6.08. The molecule has 1 amide bonds. The van der Waals surface area contributed by atoms with Gasteiger partial charge in [0.15, 0.2) is 0 Å². The Hall–Kier alpha value is -2.62. The van der Waals surface area contributed by atoms with Gasteiger partial charge < -0.3 is 5.32 Å². The van der Waals surface area contributed by atoms with Crippen LogP contribution in [0.25, 0.3) is 10.8 Å². The molecular formula is C15H13N3O. The number of nitrogens with one attached hydrogen (secondary N) is 1. The molecule has 0 spiro atoms. The second-order valence-corrected chi connectivity index (χ2v) is 4.29. The first-order chi connectivity index (χ1) is 9.33. The van der Waals surface area contributed by atoms with Crippen molar-refractivity contribution < 1.29 is 4.79 Å². The van der Waals surface area contributed by atoms with Gasteiger partial charge in [0.05, 0.1) is 0 Å². The standard InChI is InChI=1S/C15H13N3O/c19-15(18-9-3-8-17-18)16-11-12-6-7-13-4-1-2-5-14(13)10-12/h1-10H,11H2,(H,16,19). The minimum atomic E-state index is -0.224. The van der Waals surface area contributed by atoms with Crippen molar-refractivity contribution in [2.24, 2.45) is 0 Å². The van der Waals surface area contributed by atoms with Crippen LogP contribution in [0.2, 0.25) is 0 Å². The topological polar surface area (TPSA) is 46.9 Å². The van der Waals surface area contributed by atoms with Crippen molar-refractivity contribution in [3.63, 3.8) is 0 Å². The fourth-order valence-corrected chi connectivity index (χ4v) is 2.00. The van der Waals surface area contributed by atoms with E-state index in [2.05, 4.69) is 34.7 Å². The Balaban J connectivity index is 1.73. The van der Waals surface area contributed by atoms with Crippen LogP contribution >= 0.6 is 0 Å². The number of fused-ring (bicyclic) bond motifs is 1. The third-order valence-corrected chi connectivity index (χ3v) is 2.97. The third-order valence-electron chi connectivity index (χ3n) is 2.97. The quantitative estimate of drug-likeness (QED) is 0.761. The molecule has 0 aliphatic heterocycles. The van der Waals surface area contributed by atoms with E-state index in [1.165, 1.54) is 15.5 Å². The fourth-order valence-electron chi connectivity index (χ4n) is 2.00. The molecule has 1 aromatic heterocycles. The lowest BCUT2D eigenvalue weighted by Gasteiger charge is -2.06. The van der Waals surface area contributed by atoms with Gasteiger partial charge in [-0.3, -0.25) is 0 Å².